The van der Waals surface area contributed by atoms with Crippen LogP contribution in [-0.4, -0.2) is 46.2 Å². The highest BCUT2D eigenvalue weighted by Crippen LogP contribution is 2.30. The van der Waals surface area contributed by atoms with Crippen LogP contribution >= 0.6 is 24.2 Å². The van der Waals surface area contributed by atoms with Gasteiger partial charge in [0.2, 0.25) is 5.91 Å². The molecule has 35 heavy (non-hydrogen) atoms. The average Bonchev–Trinajstić information content (AvgIpc) is 2.76. The zero-order valence-electron chi connectivity index (χ0n) is 21.0. The molecule has 0 saturated carbocycles. The minimum atomic E-state index is -1.00. The summed E-state index contributed by atoms with van der Waals surface area (Å²) in [6.07, 6.45) is -0.735. The number of alkyl carbamates (subject to hydrolysis) is 1. The van der Waals surface area contributed by atoms with Crippen molar-refractivity contribution in [3.63, 3.8) is 0 Å². The number of nitrogens with zero attached hydrogens (tertiary/aromatic N) is 1. The van der Waals surface area contributed by atoms with Gasteiger partial charge in [0.15, 0.2) is 0 Å². The van der Waals surface area contributed by atoms with E-state index < -0.39 is 35.6 Å². The normalized spacial score (nSPS) is 13.1. The summed E-state index contributed by atoms with van der Waals surface area (Å²) in [5.74, 6) is -0.862. The number of halogens is 1. The number of hydrogen-bond acceptors (Lipinski definition) is 5. The number of carbonyl (C=O) groups excluding carboxylic acids is 3. The molecule has 0 aliphatic rings. The Labute approximate surface area is 218 Å². The first-order chi connectivity index (χ1) is 16.4. The average molecular weight is 520 g/mol. The van der Waals surface area contributed by atoms with Gasteiger partial charge in [0.1, 0.15) is 17.7 Å². The molecule has 0 aliphatic heterocycles. The smallest absolute Gasteiger partial charge is 0.408 e. The van der Waals surface area contributed by atoms with Gasteiger partial charge in [0, 0.05) is 11.8 Å². The molecule has 7 nitrogen and oxygen atoms in total. The first-order valence-electron chi connectivity index (χ1n) is 11.4. The molecule has 0 radical (unpaired) electrons. The Morgan fingerprint density at radius 1 is 1.06 bits per heavy atom. The Bertz CT molecular complexity index is 1020. The molecule has 190 valence electrons. The van der Waals surface area contributed by atoms with Crippen LogP contribution in [-0.2, 0) is 14.3 Å². The predicted octanol–water partition coefficient (Wildman–Crippen LogP) is 5.39. The molecule has 2 aromatic rings. The van der Waals surface area contributed by atoms with Crippen LogP contribution in [0.5, 0.6) is 0 Å². The van der Waals surface area contributed by atoms with E-state index in [0.29, 0.717) is 16.3 Å². The van der Waals surface area contributed by atoms with E-state index in [4.69, 9.17) is 16.3 Å². The quantitative estimate of drug-likeness (QED) is 0.408. The summed E-state index contributed by atoms with van der Waals surface area (Å²) in [5.41, 5.74) is 1.16. The number of ether oxygens (including phenoxy) is 1. The Kier molecular flexibility index (Phi) is 10.0. The third-order valence-corrected chi connectivity index (χ3v) is 5.77. The van der Waals surface area contributed by atoms with Crippen LogP contribution in [0.25, 0.3) is 0 Å². The number of hydrogen-bond donors (Lipinski definition) is 3. The molecule has 0 saturated heterocycles. The van der Waals surface area contributed by atoms with Crippen LogP contribution in [0.4, 0.5) is 10.5 Å². The van der Waals surface area contributed by atoms with Gasteiger partial charge in [-0.25, -0.2) is 4.79 Å². The maximum Gasteiger partial charge on any atom is 0.408 e. The van der Waals surface area contributed by atoms with Crippen LogP contribution in [0.15, 0.2) is 48.5 Å². The first-order valence-corrected chi connectivity index (χ1v) is 12.4. The van der Waals surface area contributed by atoms with Crippen molar-refractivity contribution in [2.45, 2.75) is 65.3 Å². The number of aryl methyl sites for hydroxylation is 1. The van der Waals surface area contributed by atoms with Crippen LogP contribution < -0.4 is 10.6 Å². The van der Waals surface area contributed by atoms with Gasteiger partial charge < -0.3 is 20.3 Å². The summed E-state index contributed by atoms with van der Waals surface area (Å²) in [4.78, 5) is 41.3. The van der Waals surface area contributed by atoms with Gasteiger partial charge in [-0.1, -0.05) is 54.1 Å². The van der Waals surface area contributed by atoms with E-state index in [1.165, 1.54) is 4.90 Å². The van der Waals surface area contributed by atoms with Gasteiger partial charge in [-0.2, -0.15) is 12.6 Å². The van der Waals surface area contributed by atoms with E-state index in [1.54, 1.807) is 57.2 Å². The van der Waals surface area contributed by atoms with Crippen LogP contribution in [0, 0.1) is 6.92 Å². The predicted molar refractivity (Wildman–Crippen MR) is 143 cm³/mol. The summed E-state index contributed by atoms with van der Waals surface area (Å²) >= 11 is 10.6. The molecule has 9 heteroatoms. The molecule has 3 amide bonds. The van der Waals surface area contributed by atoms with E-state index in [1.807, 2.05) is 32.9 Å². The number of amides is 3. The maximum absolute atomic E-state index is 13.7. The van der Waals surface area contributed by atoms with Gasteiger partial charge >= 0.3 is 6.09 Å². The van der Waals surface area contributed by atoms with Crippen molar-refractivity contribution in [2.75, 3.05) is 11.1 Å². The SMILES string of the molecule is Cc1cccc(Cl)c1NC(=O)C(c1ccccc1)N(C(=O)C(CS)NC(=O)OC(C)(C)C)C(C)C. The monoisotopic (exact) mass is 519 g/mol. The standard InChI is InChI=1S/C26H34ClN3O4S/c1-16(2)30(24(32)20(15-35)28-25(33)34-26(4,5)6)22(18-12-8-7-9-13-18)23(31)29-21-17(3)11-10-14-19(21)27/h7-14,16,20,22,35H,15H2,1-6H3,(H,28,33)(H,29,31). The number of nitrogens with one attached hydrogen (secondary N) is 2. The van der Waals surface area contributed by atoms with Crippen LogP contribution in [0.2, 0.25) is 5.02 Å². The van der Waals surface area contributed by atoms with E-state index >= 15 is 0 Å². The number of benzene rings is 2. The van der Waals surface area contributed by atoms with Gasteiger partial charge in [0.25, 0.3) is 5.91 Å². The number of thiol groups is 1. The maximum atomic E-state index is 13.7. The third kappa shape index (κ3) is 7.90. The van der Waals surface area contributed by atoms with Crippen molar-refractivity contribution >= 4 is 47.8 Å². The van der Waals surface area contributed by atoms with Gasteiger partial charge in [-0.05, 0) is 58.7 Å². The third-order valence-electron chi connectivity index (χ3n) is 5.09. The van der Waals surface area contributed by atoms with Crippen molar-refractivity contribution in [2.24, 2.45) is 0 Å². The Hall–Kier alpha value is -2.71. The van der Waals surface area contributed by atoms with Gasteiger partial charge in [-0.15, -0.1) is 0 Å². The van der Waals surface area contributed by atoms with E-state index in [9.17, 15) is 14.4 Å². The first kappa shape index (κ1) is 28.5. The lowest BCUT2D eigenvalue weighted by atomic mass is 10.0. The summed E-state index contributed by atoms with van der Waals surface area (Å²) in [7, 11) is 0. The van der Waals surface area contributed by atoms with Crippen molar-refractivity contribution < 1.29 is 19.1 Å². The fraction of sp³-hybridized carbons (Fsp3) is 0.423. The van der Waals surface area contributed by atoms with Crippen molar-refractivity contribution in [1.29, 1.82) is 0 Å². The van der Waals surface area contributed by atoms with E-state index in [2.05, 4.69) is 23.3 Å². The molecule has 0 aromatic heterocycles. The fourth-order valence-corrected chi connectivity index (χ4v) is 4.07. The van der Waals surface area contributed by atoms with Crippen molar-refractivity contribution in [3.05, 3.63) is 64.7 Å². The molecule has 2 unspecified atom stereocenters. The fourth-order valence-electron chi connectivity index (χ4n) is 3.55. The number of carbonyl (C=O) groups is 3. The molecule has 0 spiro atoms. The van der Waals surface area contributed by atoms with Crippen LogP contribution in [0.3, 0.4) is 0 Å². The second-order valence-electron chi connectivity index (χ2n) is 9.45. The number of anilines is 1. The largest absolute Gasteiger partial charge is 0.444 e. The number of para-hydroxylation sites is 1. The molecular weight excluding hydrogens is 486 g/mol. The summed E-state index contributed by atoms with van der Waals surface area (Å²) < 4.78 is 5.31. The molecule has 2 N–H and O–H groups in total. The van der Waals surface area contributed by atoms with Crippen molar-refractivity contribution in [3.8, 4) is 0 Å². The molecule has 2 aromatic carbocycles. The topological polar surface area (TPSA) is 87.7 Å². The van der Waals surface area contributed by atoms with Gasteiger partial charge in [-0.3, -0.25) is 9.59 Å². The molecular formula is C26H34ClN3O4S. The highest BCUT2D eigenvalue weighted by molar-refractivity contribution is 7.80. The lowest BCUT2D eigenvalue weighted by Gasteiger charge is -2.37. The van der Waals surface area contributed by atoms with E-state index in [-0.39, 0.29) is 11.8 Å². The molecule has 0 heterocycles. The summed E-state index contributed by atoms with van der Waals surface area (Å²) in [6.45, 7) is 10.7. The molecule has 0 fully saturated rings. The zero-order chi connectivity index (χ0) is 26.3. The minimum Gasteiger partial charge on any atom is -0.444 e. The van der Waals surface area contributed by atoms with Gasteiger partial charge in [0.05, 0.1) is 10.7 Å². The molecule has 2 rings (SSSR count). The number of rotatable bonds is 8. The molecule has 2 atom stereocenters. The second kappa shape index (κ2) is 12.3. The lowest BCUT2D eigenvalue weighted by molar-refractivity contribution is -0.142. The van der Waals surface area contributed by atoms with Crippen LogP contribution in [0.1, 0.15) is 51.8 Å². The zero-order valence-corrected chi connectivity index (χ0v) is 22.6. The summed E-state index contributed by atoms with van der Waals surface area (Å²) in [6, 6.07) is 12.0. The van der Waals surface area contributed by atoms with E-state index in [0.717, 1.165) is 5.56 Å². The lowest BCUT2D eigenvalue weighted by Crippen LogP contribution is -2.55. The Morgan fingerprint density at radius 3 is 2.20 bits per heavy atom. The summed E-state index contributed by atoms with van der Waals surface area (Å²) in [5, 5.41) is 5.89. The Morgan fingerprint density at radius 2 is 1.69 bits per heavy atom. The molecule has 0 bridgehead atoms. The minimum absolute atomic E-state index is 0.0219. The highest BCUT2D eigenvalue weighted by Gasteiger charge is 2.37. The highest BCUT2D eigenvalue weighted by atomic mass is 35.5. The Balaban J connectivity index is 2.45. The molecule has 0 aliphatic carbocycles. The van der Waals surface area contributed by atoms with Crippen molar-refractivity contribution in [1.82, 2.24) is 10.2 Å². The second-order valence-corrected chi connectivity index (χ2v) is 10.2.